The summed E-state index contributed by atoms with van der Waals surface area (Å²) < 4.78 is 0. The lowest BCUT2D eigenvalue weighted by atomic mass is 10.2. The van der Waals surface area contributed by atoms with Gasteiger partial charge < -0.3 is 16.1 Å². The van der Waals surface area contributed by atoms with E-state index in [0.29, 0.717) is 17.3 Å². The Labute approximate surface area is 125 Å². The van der Waals surface area contributed by atoms with Crippen molar-refractivity contribution in [2.24, 2.45) is 0 Å². The minimum Gasteiger partial charge on any atom is -0.393 e. The Morgan fingerprint density at radius 2 is 2.00 bits per heavy atom. The van der Waals surface area contributed by atoms with E-state index in [1.165, 1.54) is 11.9 Å². The van der Waals surface area contributed by atoms with E-state index in [0.717, 1.165) is 12.2 Å². The maximum absolute atomic E-state index is 6.23. The quantitative estimate of drug-likeness (QED) is 0.823. The van der Waals surface area contributed by atoms with E-state index < -0.39 is 0 Å². The van der Waals surface area contributed by atoms with Crippen LogP contribution in [0.25, 0.3) is 0 Å². The van der Waals surface area contributed by atoms with E-state index in [4.69, 9.17) is 5.73 Å². The maximum Gasteiger partial charge on any atom is 0.169 e. The molecule has 3 N–H and O–H groups in total. The van der Waals surface area contributed by atoms with Gasteiger partial charge in [0.2, 0.25) is 0 Å². The highest BCUT2D eigenvalue weighted by Gasteiger charge is 2.16. The lowest BCUT2D eigenvalue weighted by Gasteiger charge is -2.25. The van der Waals surface area contributed by atoms with Crippen LogP contribution in [0.15, 0.2) is 30.6 Å². The molecule has 0 saturated carbocycles. The van der Waals surface area contributed by atoms with Crippen molar-refractivity contribution in [1.82, 2.24) is 15.0 Å². The number of hydrazine groups is 1. The highest BCUT2D eigenvalue weighted by Crippen LogP contribution is 2.31. The van der Waals surface area contributed by atoms with Crippen LogP contribution >= 0.6 is 0 Å². The number of nitrogens with two attached hydrogens (primary N) is 1. The summed E-state index contributed by atoms with van der Waals surface area (Å²) in [5, 5.41) is 1.80. The first kappa shape index (κ1) is 15.1. The highest BCUT2D eigenvalue weighted by atomic mass is 15.5. The Morgan fingerprint density at radius 1 is 1.24 bits per heavy atom. The molecule has 0 amide bonds. The smallest absolute Gasteiger partial charge is 0.169 e. The molecule has 0 fully saturated rings. The van der Waals surface area contributed by atoms with Gasteiger partial charge in [-0.15, -0.1) is 0 Å². The molecule has 1 heterocycles. The van der Waals surface area contributed by atoms with Crippen LogP contribution in [0, 0.1) is 6.92 Å². The second kappa shape index (κ2) is 6.41. The molecule has 2 aromatic rings. The van der Waals surface area contributed by atoms with Gasteiger partial charge in [-0.1, -0.05) is 12.1 Å². The van der Waals surface area contributed by atoms with Crippen molar-refractivity contribution in [2.75, 3.05) is 36.7 Å². The molecule has 0 radical (unpaired) electrons. The van der Waals surface area contributed by atoms with E-state index >= 15 is 0 Å². The van der Waals surface area contributed by atoms with Crippen molar-refractivity contribution in [3.05, 3.63) is 36.2 Å². The minimum absolute atomic E-state index is 0.537. The molecule has 2 rings (SSSR count). The molecule has 6 heteroatoms. The number of nitrogen functional groups attached to an aromatic ring is 1. The predicted molar refractivity (Wildman–Crippen MR) is 87.6 cm³/mol. The Kier molecular flexibility index (Phi) is 4.59. The standard InChI is InChI=1S/C15H22N6/c1-5-21(12-8-6-7-11(2)9-12)15-13(16)14(17-10-18-15)19-20(3)4/h6-10H,5,16H2,1-4H3,(H,17,18,19). The zero-order valence-corrected chi connectivity index (χ0v) is 13.0. The van der Waals surface area contributed by atoms with Gasteiger partial charge >= 0.3 is 0 Å². The van der Waals surface area contributed by atoms with Gasteiger partial charge in [0.1, 0.15) is 12.0 Å². The average Bonchev–Trinajstić information content (AvgIpc) is 2.43. The molecule has 0 saturated heterocycles. The first-order valence-corrected chi connectivity index (χ1v) is 6.91. The number of nitrogens with one attached hydrogen (secondary N) is 1. The molecule has 0 unspecified atom stereocenters. The van der Waals surface area contributed by atoms with Gasteiger partial charge in [0.05, 0.1) is 0 Å². The highest BCUT2D eigenvalue weighted by molar-refractivity contribution is 5.79. The second-order valence-electron chi connectivity index (χ2n) is 5.05. The topological polar surface area (TPSA) is 70.3 Å². The minimum atomic E-state index is 0.537. The fourth-order valence-corrected chi connectivity index (χ4v) is 2.15. The average molecular weight is 286 g/mol. The van der Waals surface area contributed by atoms with Crippen molar-refractivity contribution >= 4 is 23.0 Å². The van der Waals surface area contributed by atoms with Crippen molar-refractivity contribution < 1.29 is 0 Å². The summed E-state index contributed by atoms with van der Waals surface area (Å²) >= 11 is 0. The van der Waals surface area contributed by atoms with Gasteiger partial charge in [-0.05, 0) is 31.5 Å². The molecule has 1 aromatic carbocycles. The number of rotatable bonds is 5. The number of nitrogens with zero attached hydrogens (tertiary/aromatic N) is 4. The van der Waals surface area contributed by atoms with Crippen molar-refractivity contribution in [3.8, 4) is 0 Å². The third-order valence-corrected chi connectivity index (χ3v) is 3.08. The summed E-state index contributed by atoms with van der Waals surface area (Å²) in [5.74, 6) is 1.32. The number of hydrogen-bond acceptors (Lipinski definition) is 6. The Hall–Kier alpha value is -2.34. The van der Waals surface area contributed by atoms with E-state index in [2.05, 4.69) is 52.3 Å². The monoisotopic (exact) mass is 286 g/mol. The summed E-state index contributed by atoms with van der Waals surface area (Å²) in [7, 11) is 3.78. The molecule has 0 aliphatic rings. The number of hydrogen-bond donors (Lipinski definition) is 2. The number of anilines is 4. The molecule has 0 bridgehead atoms. The summed E-state index contributed by atoms with van der Waals surface area (Å²) in [6.07, 6.45) is 1.52. The van der Waals surface area contributed by atoms with Crippen LogP contribution in [0.2, 0.25) is 0 Å². The van der Waals surface area contributed by atoms with Gasteiger partial charge in [0, 0.05) is 26.3 Å². The van der Waals surface area contributed by atoms with Gasteiger partial charge in [-0.3, -0.25) is 0 Å². The predicted octanol–water partition coefficient (Wildman–Crippen LogP) is 2.41. The van der Waals surface area contributed by atoms with Gasteiger partial charge in [-0.2, -0.15) is 0 Å². The van der Waals surface area contributed by atoms with E-state index in [1.54, 1.807) is 5.01 Å². The lowest BCUT2D eigenvalue weighted by Crippen LogP contribution is -2.24. The third-order valence-electron chi connectivity index (χ3n) is 3.08. The fraction of sp³-hybridized carbons (Fsp3) is 0.333. The summed E-state index contributed by atoms with van der Waals surface area (Å²) in [6.45, 7) is 4.91. The molecule has 0 aliphatic carbocycles. The van der Waals surface area contributed by atoms with Crippen LogP contribution in [0.5, 0.6) is 0 Å². The summed E-state index contributed by atoms with van der Waals surface area (Å²) in [4.78, 5) is 10.6. The van der Waals surface area contributed by atoms with Gasteiger partial charge in [0.15, 0.2) is 11.6 Å². The van der Waals surface area contributed by atoms with Crippen molar-refractivity contribution in [2.45, 2.75) is 13.8 Å². The summed E-state index contributed by atoms with van der Waals surface area (Å²) in [6, 6.07) is 8.27. The molecule has 0 spiro atoms. The van der Waals surface area contributed by atoms with Gasteiger partial charge in [0.25, 0.3) is 0 Å². The molecule has 112 valence electrons. The molecule has 6 nitrogen and oxygen atoms in total. The summed E-state index contributed by atoms with van der Waals surface area (Å²) in [5.41, 5.74) is 12.1. The van der Waals surface area contributed by atoms with Crippen LogP contribution in [-0.2, 0) is 0 Å². The maximum atomic E-state index is 6.23. The third kappa shape index (κ3) is 3.41. The van der Waals surface area contributed by atoms with Crippen LogP contribution in [0.3, 0.4) is 0 Å². The lowest BCUT2D eigenvalue weighted by molar-refractivity contribution is 0.492. The van der Waals surface area contributed by atoms with Crippen LogP contribution in [0.1, 0.15) is 12.5 Å². The van der Waals surface area contributed by atoms with Crippen LogP contribution in [0.4, 0.5) is 23.0 Å². The van der Waals surface area contributed by atoms with Crippen LogP contribution in [-0.4, -0.2) is 35.6 Å². The number of aryl methyl sites for hydroxylation is 1. The SMILES string of the molecule is CCN(c1cccc(C)c1)c1ncnc(NN(C)C)c1N. The molecular formula is C15H22N6. The molecular weight excluding hydrogens is 264 g/mol. The van der Waals surface area contributed by atoms with Crippen molar-refractivity contribution in [1.29, 1.82) is 0 Å². The molecule has 0 aliphatic heterocycles. The first-order chi connectivity index (χ1) is 10.0. The normalized spacial score (nSPS) is 10.7. The number of aromatic nitrogens is 2. The zero-order valence-electron chi connectivity index (χ0n) is 13.0. The number of benzene rings is 1. The van der Waals surface area contributed by atoms with E-state index in [1.807, 2.05) is 20.2 Å². The van der Waals surface area contributed by atoms with E-state index in [-0.39, 0.29) is 0 Å². The molecule has 1 aromatic heterocycles. The Bertz CT molecular complexity index is 611. The van der Waals surface area contributed by atoms with Crippen LogP contribution < -0.4 is 16.1 Å². The van der Waals surface area contributed by atoms with Gasteiger partial charge in [-0.25, -0.2) is 15.0 Å². The largest absolute Gasteiger partial charge is 0.393 e. The Morgan fingerprint density at radius 3 is 2.62 bits per heavy atom. The van der Waals surface area contributed by atoms with E-state index in [9.17, 15) is 0 Å². The first-order valence-electron chi connectivity index (χ1n) is 6.91. The Balaban J connectivity index is 2.43. The fourth-order valence-electron chi connectivity index (χ4n) is 2.15. The second-order valence-corrected chi connectivity index (χ2v) is 5.05. The molecule has 21 heavy (non-hydrogen) atoms. The molecule has 0 atom stereocenters. The zero-order chi connectivity index (χ0) is 15.4. The van der Waals surface area contributed by atoms with Crippen molar-refractivity contribution in [3.63, 3.8) is 0 Å².